The molecule has 7 heteroatoms. The van der Waals surface area contributed by atoms with Crippen molar-refractivity contribution >= 4 is 15.9 Å². The maximum Gasteiger partial charge on any atom is 0.390 e. The van der Waals surface area contributed by atoms with E-state index < -0.39 is 18.6 Å². The van der Waals surface area contributed by atoms with Crippen molar-refractivity contribution in [2.45, 2.75) is 58.9 Å². The Labute approximate surface area is 119 Å². The summed E-state index contributed by atoms with van der Waals surface area (Å²) in [5.41, 5.74) is 1.83. The van der Waals surface area contributed by atoms with Crippen LogP contribution >= 0.6 is 15.9 Å². The van der Waals surface area contributed by atoms with E-state index in [2.05, 4.69) is 26.3 Å². The van der Waals surface area contributed by atoms with Gasteiger partial charge >= 0.3 is 6.18 Å². The molecule has 0 bridgehead atoms. The lowest BCUT2D eigenvalue weighted by Crippen LogP contribution is -2.31. The first-order valence-corrected chi connectivity index (χ1v) is 7.12. The lowest BCUT2D eigenvalue weighted by molar-refractivity contribution is -0.139. The molecule has 3 nitrogen and oxygen atoms in total. The number of hydrogen-bond donors (Lipinski definition) is 1. The molecule has 0 saturated heterocycles. The molecule has 0 amide bonds. The van der Waals surface area contributed by atoms with Crippen LogP contribution < -0.4 is 5.32 Å². The van der Waals surface area contributed by atoms with Gasteiger partial charge in [0.1, 0.15) is 0 Å². The molecule has 1 unspecified atom stereocenters. The van der Waals surface area contributed by atoms with Gasteiger partial charge in [-0.2, -0.15) is 18.3 Å². The van der Waals surface area contributed by atoms with Crippen LogP contribution in [-0.4, -0.2) is 22.0 Å². The second-order valence-corrected chi connectivity index (χ2v) is 5.27. The minimum absolute atomic E-state index is 0.374. The fourth-order valence-electron chi connectivity index (χ4n) is 1.88. The van der Waals surface area contributed by atoms with Crippen molar-refractivity contribution in [3.05, 3.63) is 15.9 Å². The summed E-state index contributed by atoms with van der Waals surface area (Å²) in [5.74, 6) is 0. The highest BCUT2D eigenvalue weighted by atomic mass is 79.9. The van der Waals surface area contributed by atoms with Crippen LogP contribution in [0.1, 0.15) is 38.6 Å². The maximum absolute atomic E-state index is 12.2. The minimum Gasteiger partial charge on any atom is -0.308 e. The van der Waals surface area contributed by atoms with Crippen molar-refractivity contribution in [2.75, 3.05) is 0 Å². The SMILES string of the molecule is CCc1nn(CC)c(CNC(C)CC(F)(F)F)c1Br. The third kappa shape index (κ3) is 4.80. The molecule has 0 radical (unpaired) electrons. The van der Waals surface area contributed by atoms with E-state index in [9.17, 15) is 13.2 Å². The van der Waals surface area contributed by atoms with Crippen molar-refractivity contribution in [1.82, 2.24) is 15.1 Å². The Morgan fingerprint density at radius 1 is 1.37 bits per heavy atom. The van der Waals surface area contributed by atoms with Gasteiger partial charge in [-0.1, -0.05) is 6.92 Å². The van der Waals surface area contributed by atoms with Crippen LogP contribution in [0.5, 0.6) is 0 Å². The molecule has 110 valence electrons. The van der Waals surface area contributed by atoms with Gasteiger partial charge in [-0.15, -0.1) is 0 Å². The third-order valence-corrected chi connectivity index (χ3v) is 3.77. The first kappa shape index (κ1) is 16.5. The van der Waals surface area contributed by atoms with Crippen LogP contribution in [0.2, 0.25) is 0 Å². The van der Waals surface area contributed by atoms with Gasteiger partial charge in [-0.25, -0.2) is 0 Å². The van der Waals surface area contributed by atoms with E-state index in [-0.39, 0.29) is 0 Å². The average Bonchev–Trinajstić information content (AvgIpc) is 2.60. The van der Waals surface area contributed by atoms with Crippen molar-refractivity contribution < 1.29 is 13.2 Å². The van der Waals surface area contributed by atoms with E-state index in [0.717, 1.165) is 22.3 Å². The molecule has 0 aliphatic carbocycles. The van der Waals surface area contributed by atoms with Gasteiger partial charge in [-0.05, 0) is 36.2 Å². The summed E-state index contributed by atoms with van der Waals surface area (Å²) in [6.07, 6.45) is -4.17. The normalized spacial score (nSPS) is 13.8. The van der Waals surface area contributed by atoms with E-state index in [1.165, 1.54) is 6.92 Å². The van der Waals surface area contributed by atoms with Gasteiger partial charge in [0, 0.05) is 19.1 Å². The molecular formula is C12H19BrF3N3. The molecule has 0 aliphatic rings. The fourth-order valence-corrected chi connectivity index (χ4v) is 2.58. The van der Waals surface area contributed by atoms with Crippen LogP contribution in [0.25, 0.3) is 0 Å². The molecule has 1 N–H and O–H groups in total. The Hall–Kier alpha value is -0.560. The summed E-state index contributed by atoms with van der Waals surface area (Å²) in [7, 11) is 0. The summed E-state index contributed by atoms with van der Waals surface area (Å²) in [4.78, 5) is 0. The van der Waals surface area contributed by atoms with Gasteiger partial charge < -0.3 is 5.32 Å². The van der Waals surface area contributed by atoms with Crippen molar-refractivity contribution in [3.63, 3.8) is 0 Å². The molecule has 1 aromatic rings. The Morgan fingerprint density at radius 3 is 2.47 bits per heavy atom. The summed E-state index contributed by atoms with van der Waals surface area (Å²) in [5, 5.41) is 7.30. The first-order valence-electron chi connectivity index (χ1n) is 6.32. The Morgan fingerprint density at radius 2 is 2.00 bits per heavy atom. The topological polar surface area (TPSA) is 29.9 Å². The average molecular weight is 342 g/mol. The van der Waals surface area contributed by atoms with Gasteiger partial charge in [0.2, 0.25) is 0 Å². The van der Waals surface area contributed by atoms with Crippen LogP contribution in [0.15, 0.2) is 4.47 Å². The third-order valence-electron chi connectivity index (χ3n) is 2.85. The fraction of sp³-hybridized carbons (Fsp3) is 0.750. The van der Waals surface area contributed by atoms with Crippen LogP contribution in [0.4, 0.5) is 13.2 Å². The molecule has 0 aromatic carbocycles. The second-order valence-electron chi connectivity index (χ2n) is 4.48. The summed E-state index contributed by atoms with van der Waals surface area (Å²) in [6, 6.07) is -0.614. The van der Waals surface area contributed by atoms with Gasteiger partial charge in [0.05, 0.1) is 22.3 Å². The summed E-state index contributed by atoms with van der Waals surface area (Å²) >= 11 is 3.47. The van der Waals surface area contributed by atoms with Crippen molar-refractivity contribution in [2.24, 2.45) is 0 Å². The number of nitrogens with one attached hydrogen (secondary N) is 1. The van der Waals surface area contributed by atoms with Crippen molar-refractivity contribution in [3.8, 4) is 0 Å². The van der Waals surface area contributed by atoms with Gasteiger partial charge in [0.25, 0.3) is 0 Å². The number of hydrogen-bond acceptors (Lipinski definition) is 2. The van der Waals surface area contributed by atoms with Crippen LogP contribution in [0.3, 0.4) is 0 Å². The lowest BCUT2D eigenvalue weighted by Gasteiger charge is -2.16. The Balaban J connectivity index is 2.69. The van der Waals surface area contributed by atoms with E-state index in [0.29, 0.717) is 13.1 Å². The van der Waals surface area contributed by atoms with Crippen LogP contribution in [0, 0.1) is 0 Å². The van der Waals surface area contributed by atoms with Gasteiger partial charge in [-0.3, -0.25) is 4.68 Å². The highest BCUT2D eigenvalue weighted by Crippen LogP contribution is 2.24. The number of aromatic nitrogens is 2. The lowest BCUT2D eigenvalue weighted by atomic mass is 10.2. The van der Waals surface area contributed by atoms with Gasteiger partial charge in [0.15, 0.2) is 0 Å². The first-order chi connectivity index (χ1) is 8.78. The summed E-state index contributed by atoms with van der Waals surface area (Å²) in [6.45, 7) is 6.56. The van der Waals surface area contributed by atoms with Crippen LogP contribution in [-0.2, 0) is 19.5 Å². The number of alkyl halides is 3. The molecule has 1 atom stereocenters. The molecular weight excluding hydrogens is 323 g/mol. The quantitative estimate of drug-likeness (QED) is 0.855. The Bertz CT molecular complexity index is 415. The van der Waals surface area contributed by atoms with E-state index >= 15 is 0 Å². The van der Waals surface area contributed by atoms with E-state index in [1.54, 1.807) is 0 Å². The highest BCUT2D eigenvalue weighted by Gasteiger charge is 2.30. The number of halogens is 4. The van der Waals surface area contributed by atoms with Crippen molar-refractivity contribution in [1.29, 1.82) is 0 Å². The van der Waals surface area contributed by atoms with E-state index in [1.807, 2.05) is 18.5 Å². The molecule has 1 rings (SSSR count). The molecule has 1 heterocycles. The zero-order chi connectivity index (χ0) is 14.6. The summed E-state index contributed by atoms with van der Waals surface area (Å²) < 4.78 is 39.5. The zero-order valence-electron chi connectivity index (χ0n) is 11.3. The monoisotopic (exact) mass is 341 g/mol. The Kier molecular flexibility index (Phi) is 5.85. The molecule has 0 saturated carbocycles. The zero-order valence-corrected chi connectivity index (χ0v) is 12.9. The predicted octanol–water partition coefficient (Wildman–Crippen LogP) is 3.66. The predicted molar refractivity (Wildman–Crippen MR) is 72.0 cm³/mol. The number of aryl methyl sites for hydroxylation is 2. The standard InChI is InChI=1S/C12H19BrF3N3/c1-4-9-11(13)10(19(5-2)18-9)7-17-8(3)6-12(14,15)16/h8,17H,4-7H2,1-3H3. The molecule has 19 heavy (non-hydrogen) atoms. The largest absolute Gasteiger partial charge is 0.390 e. The maximum atomic E-state index is 12.2. The molecule has 0 fully saturated rings. The minimum atomic E-state index is -4.14. The molecule has 0 spiro atoms. The molecule has 0 aliphatic heterocycles. The highest BCUT2D eigenvalue weighted by molar-refractivity contribution is 9.10. The molecule has 1 aromatic heterocycles. The number of nitrogens with zero attached hydrogens (tertiary/aromatic N) is 2. The number of rotatable bonds is 6. The smallest absolute Gasteiger partial charge is 0.308 e. The van der Waals surface area contributed by atoms with E-state index in [4.69, 9.17) is 0 Å². The second kappa shape index (κ2) is 6.74.